The highest BCUT2D eigenvalue weighted by molar-refractivity contribution is 5.55. The van der Waals surface area contributed by atoms with E-state index in [2.05, 4.69) is 28.6 Å². The van der Waals surface area contributed by atoms with Crippen molar-refractivity contribution < 1.29 is 18.3 Å². The molecule has 0 bridgehead atoms. The minimum atomic E-state index is -3.55. The molecule has 0 aliphatic carbocycles. The summed E-state index contributed by atoms with van der Waals surface area (Å²) in [6.07, 6.45) is 1.15. The van der Waals surface area contributed by atoms with Crippen LogP contribution in [0, 0.1) is 5.92 Å². The largest absolute Gasteiger partial charge is 0.586 e. The lowest BCUT2D eigenvalue weighted by Crippen LogP contribution is -2.25. The van der Waals surface area contributed by atoms with Crippen LogP contribution in [0.15, 0.2) is 18.2 Å². The maximum atomic E-state index is 12.9. The fourth-order valence-electron chi connectivity index (χ4n) is 2.26. The van der Waals surface area contributed by atoms with Gasteiger partial charge in [0.2, 0.25) is 0 Å². The Morgan fingerprint density at radius 1 is 1.20 bits per heavy atom. The minimum absolute atomic E-state index is 0.0820. The zero-order valence-electron chi connectivity index (χ0n) is 11.9. The number of hydrogen-bond donors (Lipinski definition) is 1. The van der Waals surface area contributed by atoms with E-state index in [-0.39, 0.29) is 11.5 Å². The Morgan fingerprint density at radius 3 is 2.65 bits per heavy atom. The lowest BCUT2D eigenvalue weighted by atomic mass is 9.99. The highest BCUT2D eigenvalue weighted by Gasteiger charge is 2.43. The maximum absolute atomic E-state index is 12.9. The van der Waals surface area contributed by atoms with Gasteiger partial charge in [0.15, 0.2) is 11.5 Å². The number of anilines is 1. The number of unbranched alkanes of at least 4 members (excludes halogenated alkanes) is 1. The molecule has 1 unspecified atom stereocenters. The average molecular weight is 285 g/mol. The highest BCUT2D eigenvalue weighted by Crippen LogP contribution is 2.42. The van der Waals surface area contributed by atoms with Crippen molar-refractivity contribution in [3.8, 4) is 11.5 Å². The summed E-state index contributed by atoms with van der Waals surface area (Å²) in [6.45, 7) is 5.19. The molecule has 1 aromatic rings. The summed E-state index contributed by atoms with van der Waals surface area (Å²) >= 11 is 0. The van der Waals surface area contributed by atoms with Gasteiger partial charge in [0.05, 0.1) is 0 Å². The Bertz CT molecular complexity index is 451. The molecular weight excluding hydrogens is 264 g/mol. The maximum Gasteiger partial charge on any atom is 0.586 e. The van der Waals surface area contributed by atoms with Crippen LogP contribution in [0.25, 0.3) is 0 Å². The predicted octanol–water partition coefficient (Wildman–Crippen LogP) is 4.64. The van der Waals surface area contributed by atoms with Gasteiger partial charge < -0.3 is 14.8 Å². The summed E-state index contributed by atoms with van der Waals surface area (Å²) in [5, 5.41) is 3.28. The topological polar surface area (TPSA) is 30.5 Å². The summed E-state index contributed by atoms with van der Waals surface area (Å²) in [5.74, 6) is 0.766. The van der Waals surface area contributed by atoms with Gasteiger partial charge in [0.25, 0.3) is 0 Å². The van der Waals surface area contributed by atoms with Gasteiger partial charge in [-0.3, -0.25) is 0 Å². The van der Waals surface area contributed by atoms with E-state index in [0.717, 1.165) is 18.7 Å². The van der Waals surface area contributed by atoms with Crippen LogP contribution in [-0.4, -0.2) is 12.8 Å². The first-order valence-corrected chi connectivity index (χ1v) is 7.18. The van der Waals surface area contributed by atoms with Crippen LogP contribution < -0.4 is 14.8 Å². The molecule has 1 aromatic carbocycles. The third-order valence-corrected chi connectivity index (χ3v) is 3.54. The molecule has 0 amide bonds. The molecule has 1 N–H and O–H groups in total. The fraction of sp³-hybridized carbons (Fsp3) is 0.600. The van der Waals surface area contributed by atoms with Crippen molar-refractivity contribution in [1.29, 1.82) is 0 Å². The predicted molar refractivity (Wildman–Crippen MR) is 74.4 cm³/mol. The third-order valence-electron chi connectivity index (χ3n) is 3.54. The number of alkyl halides is 2. The van der Waals surface area contributed by atoms with Crippen LogP contribution in [0.5, 0.6) is 11.5 Å². The van der Waals surface area contributed by atoms with Crippen LogP contribution in [0.4, 0.5) is 14.5 Å². The molecule has 5 heteroatoms. The molecule has 1 heterocycles. The van der Waals surface area contributed by atoms with Crippen LogP contribution in [0.2, 0.25) is 0 Å². The van der Waals surface area contributed by atoms with E-state index in [1.807, 2.05) is 0 Å². The van der Waals surface area contributed by atoms with Crippen molar-refractivity contribution >= 4 is 5.69 Å². The van der Waals surface area contributed by atoms with Crippen LogP contribution in [0.3, 0.4) is 0 Å². The van der Waals surface area contributed by atoms with Crippen LogP contribution >= 0.6 is 0 Å². The smallest absolute Gasteiger partial charge is 0.395 e. The van der Waals surface area contributed by atoms with Gasteiger partial charge in [-0.2, -0.15) is 0 Å². The second-order valence-corrected chi connectivity index (χ2v) is 5.13. The lowest BCUT2D eigenvalue weighted by molar-refractivity contribution is -0.286. The van der Waals surface area contributed by atoms with Gasteiger partial charge in [-0.05, 0) is 24.5 Å². The van der Waals surface area contributed by atoms with E-state index < -0.39 is 6.29 Å². The highest BCUT2D eigenvalue weighted by atomic mass is 19.3. The van der Waals surface area contributed by atoms with Gasteiger partial charge in [-0.25, -0.2) is 0 Å². The van der Waals surface area contributed by atoms with Crippen molar-refractivity contribution in [2.24, 2.45) is 5.92 Å². The standard InChI is InChI=1S/C15H21F2NO2/c1-3-5-6-11(4-2)10-18-12-7-8-13-14(9-12)20-15(16,17)19-13/h7-9,11,18H,3-6,10H2,1-2H3. The molecule has 0 fully saturated rings. The Labute approximate surface area is 118 Å². The zero-order chi connectivity index (χ0) is 14.6. The molecule has 1 aliphatic rings. The fourth-order valence-corrected chi connectivity index (χ4v) is 2.26. The Morgan fingerprint density at radius 2 is 1.95 bits per heavy atom. The number of benzene rings is 1. The van der Waals surface area contributed by atoms with Crippen molar-refractivity contribution in [2.45, 2.75) is 45.8 Å². The van der Waals surface area contributed by atoms with Gasteiger partial charge in [0, 0.05) is 18.3 Å². The second kappa shape index (κ2) is 6.29. The summed E-state index contributed by atoms with van der Waals surface area (Å²) in [5.41, 5.74) is 0.778. The molecule has 112 valence electrons. The molecule has 1 atom stereocenters. The van der Waals surface area contributed by atoms with E-state index in [1.54, 1.807) is 12.1 Å². The molecule has 0 spiro atoms. The molecule has 1 aliphatic heterocycles. The zero-order valence-corrected chi connectivity index (χ0v) is 11.9. The van der Waals surface area contributed by atoms with Gasteiger partial charge >= 0.3 is 6.29 Å². The van der Waals surface area contributed by atoms with Crippen molar-refractivity contribution in [1.82, 2.24) is 0 Å². The number of fused-ring (bicyclic) bond motifs is 1. The summed E-state index contributed by atoms with van der Waals surface area (Å²) < 4.78 is 34.6. The third kappa shape index (κ3) is 3.74. The van der Waals surface area contributed by atoms with E-state index >= 15 is 0 Å². The SMILES string of the molecule is CCCCC(CC)CNc1ccc2c(c1)OC(F)(F)O2. The van der Waals surface area contributed by atoms with E-state index in [9.17, 15) is 8.78 Å². The Hall–Kier alpha value is -1.52. The minimum Gasteiger partial charge on any atom is -0.395 e. The van der Waals surface area contributed by atoms with Gasteiger partial charge in [-0.1, -0.05) is 33.1 Å². The summed E-state index contributed by atoms with van der Waals surface area (Å²) in [4.78, 5) is 0. The van der Waals surface area contributed by atoms with Crippen molar-refractivity contribution in [3.63, 3.8) is 0 Å². The molecule has 0 radical (unpaired) electrons. The second-order valence-electron chi connectivity index (χ2n) is 5.13. The van der Waals surface area contributed by atoms with Gasteiger partial charge in [0.1, 0.15) is 0 Å². The van der Waals surface area contributed by atoms with Gasteiger partial charge in [-0.15, -0.1) is 8.78 Å². The first kappa shape index (κ1) is 14.9. The molecule has 2 rings (SSSR count). The molecule has 0 saturated carbocycles. The molecule has 0 saturated heterocycles. The number of nitrogens with one attached hydrogen (secondary N) is 1. The molecular formula is C15H21F2NO2. The first-order chi connectivity index (χ1) is 9.54. The van der Waals surface area contributed by atoms with Crippen LogP contribution in [0.1, 0.15) is 39.5 Å². The normalized spacial score (nSPS) is 17.0. The Kier molecular flexibility index (Phi) is 4.68. The Balaban J connectivity index is 1.91. The van der Waals surface area contributed by atoms with Crippen molar-refractivity contribution in [2.75, 3.05) is 11.9 Å². The van der Waals surface area contributed by atoms with E-state index in [0.29, 0.717) is 5.92 Å². The summed E-state index contributed by atoms with van der Waals surface area (Å²) in [7, 11) is 0. The van der Waals surface area contributed by atoms with E-state index in [1.165, 1.54) is 25.3 Å². The number of hydrogen-bond acceptors (Lipinski definition) is 3. The quantitative estimate of drug-likeness (QED) is 0.792. The average Bonchev–Trinajstić information content (AvgIpc) is 2.72. The summed E-state index contributed by atoms with van der Waals surface area (Å²) in [6, 6.07) is 4.80. The monoisotopic (exact) mass is 285 g/mol. The number of rotatable bonds is 7. The van der Waals surface area contributed by atoms with Crippen molar-refractivity contribution in [3.05, 3.63) is 18.2 Å². The first-order valence-electron chi connectivity index (χ1n) is 7.18. The van der Waals surface area contributed by atoms with Crippen LogP contribution in [-0.2, 0) is 0 Å². The lowest BCUT2D eigenvalue weighted by Gasteiger charge is -2.16. The number of ether oxygens (including phenoxy) is 2. The van der Waals surface area contributed by atoms with E-state index in [4.69, 9.17) is 0 Å². The molecule has 0 aromatic heterocycles. The molecule has 20 heavy (non-hydrogen) atoms. The molecule has 3 nitrogen and oxygen atoms in total. The number of halogens is 2.